The number of aromatic nitrogens is 1. The van der Waals surface area contributed by atoms with Gasteiger partial charge in [0.05, 0.1) is 12.6 Å². The summed E-state index contributed by atoms with van der Waals surface area (Å²) < 4.78 is 0. The number of hydrogen-bond acceptors (Lipinski definition) is 8. The Hall–Kier alpha value is -4.95. The number of nitrogens with one attached hydrogen (secondary N) is 4. The van der Waals surface area contributed by atoms with Crippen LogP contribution in [-0.4, -0.2) is 80.7 Å². The Bertz CT molecular complexity index is 1420. The number of carboxylic acids is 1. The highest BCUT2D eigenvalue weighted by Crippen LogP contribution is 2.19. The number of carbonyl (C=O) groups excluding carboxylic acids is 4. The van der Waals surface area contributed by atoms with Crippen LogP contribution in [-0.2, 0) is 36.8 Å². The zero-order chi connectivity index (χ0) is 30.8. The van der Waals surface area contributed by atoms with Crippen LogP contribution in [0.3, 0.4) is 0 Å². The van der Waals surface area contributed by atoms with E-state index in [0.29, 0.717) is 5.56 Å². The third kappa shape index (κ3) is 8.78. The minimum absolute atomic E-state index is 0.0341. The standard InChI is InChI=1S/C28H34N6O8/c29-19(12-16-13-31-20-4-2-1-3-18(16)20)25(38)34-23(14-35)27(40)33-22(11-15-5-7-17(36)8-6-15)26(39)32-21(28(41)42)9-10-24(30)37/h1-8,13,19,21-23,31,35-36H,9-12,14,29H2,(H2,30,37)(H,32,39)(H,33,40)(H,34,38)(H,41,42). The molecule has 14 nitrogen and oxygen atoms in total. The Morgan fingerprint density at radius 3 is 2.10 bits per heavy atom. The van der Waals surface area contributed by atoms with Gasteiger partial charge >= 0.3 is 5.97 Å². The minimum atomic E-state index is -1.48. The van der Waals surface area contributed by atoms with E-state index in [-0.39, 0.29) is 31.4 Å². The Morgan fingerprint density at radius 2 is 1.45 bits per heavy atom. The number of carboxylic acid groups (broad SMARTS) is 1. The number of carbonyl (C=O) groups is 5. The normalized spacial score (nSPS) is 13.9. The summed E-state index contributed by atoms with van der Waals surface area (Å²) in [6, 6.07) is 7.80. The van der Waals surface area contributed by atoms with Gasteiger partial charge in [0.1, 0.15) is 23.9 Å². The summed E-state index contributed by atoms with van der Waals surface area (Å²) in [5, 5.41) is 36.9. The summed E-state index contributed by atoms with van der Waals surface area (Å²) in [7, 11) is 0. The molecule has 0 saturated heterocycles. The molecule has 0 fully saturated rings. The number of nitrogens with two attached hydrogens (primary N) is 2. The molecule has 1 aromatic heterocycles. The number of aliphatic hydroxyl groups excluding tert-OH is 1. The number of aromatic hydroxyl groups is 1. The molecule has 4 amide bonds. The van der Waals surface area contributed by atoms with Gasteiger partial charge in [0.15, 0.2) is 0 Å². The number of aliphatic carboxylic acids is 1. The molecule has 3 aromatic rings. The van der Waals surface area contributed by atoms with Gasteiger partial charge in [-0.2, -0.15) is 0 Å². The van der Waals surface area contributed by atoms with E-state index in [4.69, 9.17) is 11.5 Å². The Balaban J connectivity index is 1.71. The first-order valence-corrected chi connectivity index (χ1v) is 13.1. The maximum atomic E-state index is 13.1. The molecule has 0 saturated carbocycles. The number of amides is 4. The topological polar surface area (TPSA) is 250 Å². The van der Waals surface area contributed by atoms with E-state index in [1.165, 1.54) is 24.3 Å². The average Bonchev–Trinajstić information content (AvgIpc) is 3.36. The van der Waals surface area contributed by atoms with Crippen molar-refractivity contribution in [2.45, 2.75) is 49.9 Å². The van der Waals surface area contributed by atoms with Crippen LogP contribution in [0, 0.1) is 0 Å². The van der Waals surface area contributed by atoms with Crippen molar-refractivity contribution in [3.63, 3.8) is 0 Å². The maximum absolute atomic E-state index is 13.1. The number of H-pyrrole nitrogens is 1. The lowest BCUT2D eigenvalue weighted by Crippen LogP contribution is -2.58. The third-order valence-electron chi connectivity index (χ3n) is 6.57. The lowest BCUT2D eigenvalue weighted by molar-refractivity contribution is -0.142. The molecule has 2 aromatic carbocycles. The Labute approximate surface area is 240 Å². The molecule has 42 heavy (non-hydrogen) atoms. The van der Waals surface area contributed by atoms with Crippen LogP contribution in [0.15, 0.2) is 54.7 Å². The van der Waals surface area contributed by atoms with Gasteiger partial charge in [-0.3, -0.25) is 19.2 Å². The van der Waals surface area contributed by atoms with Crippen molar-refractivity contribution in [1.82, 2.24) is 20.9 Å². The molecule has 0 spiro atoms. The van der Waals surface area contributed by atoms with Crippen LogP contribution in [0.1, 0.15) is 24.0 Å². The van der Waals surface area contributed by atoms with Crippen molar-refractivity contribution >= 4 is 40.5 Å². The fraction of sp³-hybridized carbons (Fsp3) is 0.321. The zero-order valence-corrected chi connectivity index (χ0v) is 22.6. The number of fused-ring (bicyclic) bond motifs is 1. The highest BCUT2D eigenvalue weighted by molar-refractivity contribution is 5.94. The molecule has 0 radical (unpaired) electrons. The molecule has 224 valence electrons. The highest BCUT2D eigenvalue weighted by Gasteiger charge is 2.30. The largest absolute Gasteiger partial charge is 0.508 e. The summed E-state index contributed by atoms with van der Waals surface area (Å²) in [6.45, 7) is -0.818. The third-order valence-corrected chi connectivity index (χ3v) is 6.57. The summed E-state index contributed by atoms with van der Waals surface area (Å²) >= 11 is 0. The van der Waals surface area contributed by atoms with Gasteiger partial charge in [-0.1, -0.05) is 30.3 Å². The first kappa shape index (κ1) is 31.6. The Kier molecular flexibility index (Phi) is 11.0. The van der Waals surface area contributed by atoms with Crippen molar-refractivity contribution in [1.29, 1.82) is 0 Å². The molecule has 1 heterocycles. The number of benzene rings is 2. The predicted octanol–water partition coefficient (Wildman–Crippen LogP) is -1.22. The SMILES string of the molecule is NC(=O)CCC(NC(=O)C(Cc1ccc(O)cc1)NC(=O)C(CO)NC(=O)C(N)Cc1c[nH]c2ccccc12)C(=O)O. The van der Waals surface area contributed by atoms with Crippen LogP contribution in [0.2, 0.25) is 0 Å². The summed E-state index contributed by atoms with van der Waals surface area (Å²) in [6.07, 6.45) is 1.16. The van der Waals surface area contributed by atoms with Crippen molar-refractivity contribution in [2.24, 2.45) is 11.5 Å². The highest BCUT2D eigenvalue weighted by atomic mass is 16.4. The average molecular weight is 583 g/mol. The minimum Gasteiger partial charge on any atom is -0.508 e. The first-order chi connectivity index (χ1) is 20.0. The predicted molar refractivity (Wildman–Crippen MR) is 151 cm³/mol. The van der Waals surface area contributed by atoms with Gasteiger partial charge in [0.2, 0.25) is 23.6 Å². The fourth-order valence-corrected chi connectivity index (χ4v) is 4.27. The second kappa shape index (κ2) is 14.6. The quantitative estimate of drug-likeness (QED) is 0.104. The van der Waals surface area contributed by atoms with Crippen molar-refractivity contribution in [3.8, 4) is 5.75 Å². The maximum Gasteiger partial charge on any atom is 0.326 e. The molecule has 4 atom stereocenters. The number of aliphatic hydroxyl groups is 1. The fourth-order valence-electron chi connectivity index (χ4n) is 4.27. The van der Waals surface area contributed by atoms with Crippen LogP contribution in [0.4, 0.5) is 0 Å². The van der Waals surface area contributed by atoms with Crippen LogP contribution < -0.4 is 27.4 Å². The van der Waals surface area contributed by atoms with Gasteiger partial charge in [-0.05, 0) is 42.2 Å². The van der Waals surface area contributed by atoms with Gasteiger partial charge in [-0.15, -0.1) is 0 Å². The lowest BCUT2D eigenvalue weighted by Gasteiger charge is -2.24. The summed E-state index contributed by atoms with van der Waals surface area (Å²) in [4.78, 5) is 64.9. The van der Waals surface area contributed by atoms with E-state index in [0.717, 1.165) is 16.5 Å². The van der Waals surface area contributed by atoms with Crippen molar-refractivity contribution in [3.05, 3.63) is 65.9 Å². The van der Waals surface area contributed by atoms with Gasteiger partial charge < -0.3 is 47.7 Å². The molecule has 0 aliphatic rings. The number of phenols is 1. The second-order valence-electron chi connectivity index (χ2n) is 9.75. The zero-order valence-electron chi connectivity index (χ0n) is 22.6. The van der Waals surface area contributed by atoms with Gasteiger partial charge in [0.25, 0.3) is 0 Å². The summed E-state index contributed by atoms with van der Waals surface area (Å²) in [5.41, 5.74) is 13.3. The van der Waals surface area contributed by atoms with Gasteiger partial charge in [0, 0.05) is 29.9 Å². The van der Waals surface area contributed by atoms with E-state index in [9.17, 15) is 39.3 Å². The molecule has 4 unspecified atom stereocenters. The van der Waals surface area contributed by atoms with Gasteiger partial charge in [-0.25, -0.2) is 4.79 Å². The van der Waals surface area contributed by atoms with E-state index in [1.54, 1.807) is 6.20 Å². The molecule has 3 rings (SSSR count). The Morgan fingerprint density at radius 1 is 0.833 bits per heavy atom. The van der Waals surface area contributed by atoms with E-state index in [2.05, 4.69) is 20.9 Å². The van der Waals surface area contributed by atoms with Crippen LogP contribution in [0.5, 0.6) is 5.75 Å². The van der Waals surface area contributed by atoms with Crippen LogP contribution >= 0.6 is 0 Å². The number of primary amides is 1. The van der Waals surface area contributed by atoms with Crippen molar-refractivity contribution in [2.75, 3.05) is 6.61 Å². The van der Waals surface area contributed by atoms with E-state index >= 15 is 0 Å². The number of phenolic OH excluding ortho intramolecular Hbond substituents is 1. The number of rotatable bonds is 15. The number of para-hydroxylation sites is 1. The van der Waals surface area contributed by atoms with E-state index in [1.807, 2.05) is 24.3 Å². The molecule has 0 bridgehead atoms. The smallest absolute Gasteiger partial charge is 0.326 e. The number of hydrogen-bond donors (Lipinski definition) is 9. The van der Waals surface area contributed by atoms with E-state index < -0.39 is 60.4 Å². The molecular formula is C28H34N6O8. The van der Waals surface area contributed by atoms with Crippen molar-refractivity contribution < 1.29 is 39.3 Å². The second-order valence-corrected chi connectivity index (χ2v) is 9.75. The molecule has 0 aliphatic heterocycles. The summed E-state index contributed by atoms with van der Waals surface area (Å²) in [5.74, 6) is -4.74. The molecular weight excluding hydrogens is 548 g/mol. The monoisotopic (exact) mass is 582 g/mol. The number of aromatic amines is 1. The lowest BCUT2D eigenvalue weighted by atomic mass is 10.0. The molecule has 0 aliphatic carbocycles. The first-order valence-electron chi connectivity index (χ1n) is 13.1. The molecule has 14 heteroatoms. The molecule has 11 N–H and O–H groups in total. The van der Waals surface area contributed by atoms with Crippen LogP contribution in [0.25, 0.3) is 10.9 Å².